The van der Waals surface area contributed by atoms with Crippen molar-refractivity contribution in [3.63, 3.8) is 0 Å². The number of nitrogens with zero attached hydrogens (tertiary/aromatic N) is 2. The van der Waals surface area contributed by atoms with Crippen LogP contribution in [0.15, 0.2) is 48.5 Å². The number of imidazole rings is 1. The number of aromatic amines is 1. The predicted octanol–water partition coefficient (Wildman–Crippen LogP) is 2.56. The van der Waals surface area contributed by atoms with Gasteiger partial charge in [0, 0.05) is 18.8 Å². The van der Waals surface area contributed by atoms with E-state index in [4.69, 9.17) is 5.73 Å². The van der Waals surface area contributed by atoms with Crippen molar-refractivity contribution in [3.8, 4) is 0 Å². The second kappa shape index (κ2) is 7.72. The molecule has 0 spiro atoms. The number of aromatic nitrogens is 2. The molecule has 0 atom stereocenters. The first kappa shape index (κ1) is 18.0. The van der Waals surface area contributed by atoms with Gasteiger partial charge in [0.2, 0.25) is 0 Å². The summed E-state index contributed by atoms with van der Waals surface area (Å²) in [6, 6.07) is 15.6. The van der Waals surface area contributed by atoms with Gasteiger partial charge in [0.15, 0.2) is 5.95 Å². The maximum Gasteiger partial charge on any atom is 0.313 e. The summed E-state index contributed by atoms with van der Waals surface area (Å²) in [6.07, 6.45) is 2.84. The number of anilines is 2. The van der Waals surface area contributed by atoms with Crippen LogP contribution < -0.4 is 11.1 Å². The van der Waals surface area contributed by atoms with Crippen molar-refractivity contribution in [1.29, 1.82) is 0 Å². The summed E-state index contributed by atoms with van der Waals surface area (Å²) in [5.74, 6) is -0.244. The zero-order valence-corrected chi connectivity index (χ0v) is 15.5. The highest BCUT2D eigenvalue weighted by Gasteiger charge is 2.27. The third-order valence-corrected chi connectivity index (χ3v) is 5.22. The Balaban J connectivity index is 1.32. The fourth-order valence-electron chi connectivity index (χ4n) is 3.72. The number of H-pyrrole nitrogens is 1. The molecule has 0 bridgehead atoms. The Hall–Kier alpha value is -3.35. The number of fused-ring (bicyclic) bond motifs is 1. The van der Waals surface area contributed by atoms with Gasteiger partial charge in [-0.2, -0.15) is 0 Å². The minimum Gasteiger partial charge on any atom is -0.369 e. The highest BCUT2D eigenvalue weighted by atomic mass is 16.2. The molecule has 1 aliphatic heterocycles. The first-order valence-corrected chi connectivity index (χ1v) is 9.48. The summed E-state index contributed by atoms with van der Waals surface area (Å²) in [5.41, 5.74) is 8.91. The predicted molar refractivity (Wildman–Crippen MR) is 109 cm³/mol. The number of hydrogen-bond donors (Lipinski definition) is 3. The second-order valence-corrected chi connectivity index (χ2v) is 7.23. The summed E-state index contributed by atoms with van der Waals surface area (Å²) < 4.78 is 0. The Bertz CT molecular complexity index is 990. The molecule has 1 saturated heterocycles. The molecule has 3 aromatic rings. The number of hydrogen-bond acceptors (Lipinski definition) is 4. The van der Waals surface area contributed by atoms with Crippen LogP contribution in [-0.2, 0) is 16.0 Å². The number of likely N-dealkylation sites (tertiary alicyclic amines) is 1. The van der Waals surface area contributed by atoms with Gasteiger partial charge in [-0.25, -0.2) is 4.98 Å². The van der Waals surface area contributed by atoms with E-state index in [0.29, 0.717) is 41.7 Å². The first-order valence-electron chi connectivity index (χ1n) is 9.48. The van der Waals surface area contributed by atoms with Gasteiger partial charge in [0.25, 0.3) is 0 Å². The number of nitrogens with one attached hydrogen (secondary N) is 2. The van der Waals surface area contributed by atoms with E-state index in [-0.39, 0.29) is 0 Å². The quantitative estimate of drug-likeness (QED) is 0.610. The molecule has 144 valence electrons. The van der Waals surface area contributed by atoms with E-state index in [1.165, 1.54) is 5.56 Å². The van der Waals surface area contributed by atoms with E-state index < -0.39 is 11.8 Å². The fraction of sp³-hybridized carbons (Fsp3) is 0.286. The number of carbonyl (C=O) groups is 2. The zero-order valence-electron chi connectivity index (χ0n) is 15.5. The molecule has 0 saturated carbocycles. The largest absolute Gasteiger partial charge is 0.369 e. The zero-order chi connectivity index (χ0) is 19.5. The van der Waals surface area contributed by atoms with Gasteiger partial charge in [0.05, 0.1) is 11.0 Å². The molecule has 0 unspecified atom stereocenters. The Morgan fingerprint density at radius 2 is 1.89 bits per heavy atom. The number of nitrogens with two attached hydrogens (primary N) is 1. The van der Waals surface area contributed by atoms with Crippen LogP contribution in [0.2, 0.25) is 0 Å². The lowest BCUT2D eigenvalue weighted by Crippen LogP contribution is -2.44. The van der Waals surface area contributed by atoms with Gasteiger partial charge >= 0.3 is 11.8 Å². The van der Waals surface area contributed by atoms with Crippen LogP contribution in [0.1, 0.15) is 18.4 Å². The standard InChI is InChI=1S/C21H23N5O2/c22-21-24-17-7-6-16(13-18(17)25-21)23-19(27)20(28)26-10-8-15(9-11-26)12-14-4-2-1-3-5-14/h1-7,13,15H,8-12H2,(H,23,27)(H3,22,24,25). The topological polar surface area (TPSA) is 104 Å². The van der Waals surface area contributed by atoms with Crippen molar-refractivity contribution < 1.29 is 9.59 Å². The van der Waals surface area contributed by atoms with Crippen molar-refractivity contribution in [2.75, 3.05) is 24.1 Å². The van der Waals surface area contributed by atoms with Crippen LogP contribution in [0.25, 0.3) is 11.0 Å². The van der Waals surface area contributed by atoms with Crippen LogP contribution in [0.3, 0.4) is 0 Å². The summed E-state index contributed by atoms with van der Waals surface area (Å²) in [4.78, 5) is 33.5. The van der Waals surface area contributed by atoms with E-state index >= 15 is 0 Å². The Labute approximate surface area is 162 Å². The Kier molecular flexibility index (Phi) is 4.97. The molecular weight excluding hydrogens is 354 g/mol. The average molecular weight is 377 g/mol. The van der Waals surface area contributed by atoms with Crippen molar-refractivity contribution >= 4 is 34.5 Å². The van der Waals surface area contributed by atoms with Gasteiger partial charge in [-0.3, -0.25) is 9.59 Å². The molecule has 7 nitrogen and oxygen atoms in total. The molecule has 4 N–H and O–H groups in total. The molecule has 2 amide bonds. The normalized spacial score (nSPS) is 14.9. The molecule has 2 heterocycles. The summed E-state index contributed by atoms with van der Waals surface area (Å²) in [7, 11) is 0. The van der Waals surface area contributed by atoms with Gasteiger partial charge in [-0.15, -0.1) is 0 Å². The smallest absolute Gasteiger partial charge is 0.313 e. The average Bonchev–Trinajstić information content (AvgIpc) is 3.08. The summed E-state index contributed by atoms with van der Waals surface area (Å²) >= 11 is 0. The van der Waals surface area contributed by atoms with Crippen LogP contribution in [0.4, 0.5) is 11.6 Å². The van der Waals surface area contributed by atoms with Crippen molar-refractivity contribution in [3.05, 3.63) is 54.1 Å². The lowest BCUT2D eigenvalue weighted by Gasteiger charge is -2.31. The van der Waals surface area contributed by atoms with E-state index in [9.17, 15) is 9.59 Å². The van der Waals surface area contributed by atoms with Crippen molar-refractivity contribution in [2.45, 2.75) is 19.3 Å². The van der Waals surface area contributed by atoms with Crippen LogP contribution in [0, 0.1) is 5.92 Å². The number of nitrogen functional groups attached to an aromatic ring is 1. The van der Waals surface area contributed by atoms with Gasteiger partial charge < -0.3 is 20.9 Å². The lowest BCUT2D eigenvalue weighted by molar-refractivity contribution is -0.144. The fourth-order valence-corrected chi connectivity index (χ4v) is 3.72. The number of piperidine rings is 1. The molecule has 2 aromatic carbocycles. The maximum absolute atomic E-state index is 12.5. The number of carbonyl (C=O) groups excluding carboxylic acids is 2. The highest BCUT2D eigenvalue weighted by molar-refractivity contribution is 6.39. The molecule has 1 fully saturated rings. The van der Waals surface area contributed by atoms with Crippen LogP contribution in [-0.4, -0.2) is 39.8 Å². The van der Waals surface area contributed by atoms with Crippen molar-refractivity contribution in [2.24, 2.45) is 5.92 Å². The van der Waals surface area contributed by atoms with Crippen molar-refractivity contribution in [1.82, 2.24) is 14.9 Å². The molecular formula is C21H23N5O2. The summed E-state index contributed by atoms with van der Waals surface area (Å²) in [5, 5.41) is 2.67. The number of benzene rings is 2. The molecule has 1 aromatic heterocycles. The highest BCUT2D eigenvalue weighted by Crippen LogP contribution is 2.22. The SMILES string of the molecule is Nc1nc2ccc(NC(=O)C(=O)N3CCC(Cc4ccccc4)CC3)cc2[nH]1. The minimum atomic E-state index is -0.617. The monoisotopic (exact) mass is 377 g/mol. The molecule has 0 radical (unpaired) electrons. The molecule has 28 heavy (non-hydrogen) atoms. The van der Waals surface area contributed by atoms with Gasteiger partial charge in [0.1, 0.15) is 0 Å². The second-order valence-electron chi connectivity index (χ2n) is 7.23. The lowest BCUT2D eigenvalue weighted by atomic mass is 9.90. The maximum atomic E-state index is 12.5. The van der Waals surface area contributed by atoms with Gasteiger partial charge in [-0.05, 0) is 48.9 Å². The summed E-state index contributed by atoms with van der Waals surface area (Å²) in [6.45, 7) is 1.22. The number of amides is 2. The first-order chi connectivity index (χ1) is 13.6. The third kappa shape index (κ3) is 3.98. The number of rotatable bonds is 3. The molecule has 4 rings (SSSR count). The van der Waals surface area contributed by atoms with E-state index in [1.807, 2.05) is 18.2 Å². The molecule has 1 aliphatic rings. The minimum absolute atomic E-state index is 0.313. The molecule has 7 heteroatoms. The van der Waals surface area contributed by atoms with E-state index in [0.717, 1.165) is 19.3 Å². The third-order valence-electron chi connectivity index (χ3n) is 5.22. The van der Waals surface area contributed by atoms with E-state index in [2.05, 4.69) is 27.4 Å². The Morgan fingerprint density at radius 1 is 1.14 bits per heavy atom. The molecule has 0 aliphatic carbocycles. The van der Waals surface area contributed by atoms with E-state index in [1.54, 1.807) is 23.1 Å². The van der Waals surface area contributed by atoms with Crippen LogP contribution in [0.5, 0.6) is 0 Å². The Morgan fingerprint density at radius 3 is 2.64 bits per heavy atom. The van der Waals surface area contributed by atoms with Crippen LogP contribution >= 0.6 is 0 Å². The van der Waals surface area contributed by atoms with Gasteiger partial charge in [-0.1, -0.05) is 30.3 Å².